The van der Waals surface area contributed by atoms with E-state index in [4.69, 9.17) is 11.6 Å². The van der Waals surface area contributed by atoms with Gasteiger partial charge in [0.1, 0.15) is 21.2 Å². The van der Waals surface area contributed by atoms with Gasteiger partial charge in [0, 0.05) is 16.5 Å². The predicted octanol–water partition coefficient (Wildman–Crippen LogP) is 4.01. The number of carboxylic acids is 1. The van der Waals surface area contributed by atoms with E-state index in [0.29, 0.717) is 0 Å². The monoisotopic (exact) mass is 658 g/mol. The molecule has 0 unspecified atom stereocenters. The maximum absolute atomic E-state index is 12.1. The second kappa shape index (κ2) is 11.5. The number of carboxylic acid groups (broad SMARTS) is 1. The van der Waals surface area contributed by atoms with Gasteiger partial charge in [0.05, 0.1) is 18.0 Å². The Labute approximate surface area is 252 Å². The van der Waals surface area contributed by atoms with Crippen molar-refractivity contribution in [3.05, 3.63) is 83.9 Å². The van der Waals surface area contributed by atoms with Crippen LogP contribution in [0.3, 0.4) is 0 Å². The molecular formula is C25H17ClN7O9S2+. The van der Waals surface area contributed by atoms with Crippen LogP contribution in [0.4, 0.5) is 23.0 Å². The van der Waals surface area contributed by atoms with Gasteiger partial charge in [-0.05, 0) is 58.0 Å². The van der Waals surface area contributed by atoms with E-state index in [9.17, 15) is 40.9 Å². The highest BCUT2D eigenvalue weighted by atomic mass is 35.5. The fraction of sp³-hybridized carbons (Fsp3) is 0. The number of rotatable bonds is 8. The Morgan fingerprint density at radius 2 is 1.52 bits per heavy atom. The number of benzene rings is 3. The number of nitrogens with zero attached hydrogens (tertiary/aromatic N) is 6. The average molecular weight is 659 g/mol. The van der Waals surface area contributed by atoms with Gasteiger partial charge in [0.15, 0.2) is 5.75 Å². The Morgan fingerprint density at radius 1 is 0.841 bits per heavy atom. The topological polar surface area (TPSA) is 246 Å². The summed E-state index contributed by atoms with van der Waals surface area (Å²) < 4.78 is 68.9. The summed E-state index contributed by atoms with van der Waals surface area (Å²) >= 11 is 6.04. The highest BCUT2D eigenvalue weighted by molar-refractivity contribution is 7.86. The van der Waals surface area contributed by atoms with Crippen molar-refractivity contribution in [2.45, 2.75) is 9.79 Å². The van der Waals surface area contributed by atoms with Crippen molar-refractivity contribution in [2.24, 2.45) is 10.2 Å². The number of hydrogen-bond acceptors (Lipinski definition) is 12. The zero-order valence-corrected chi connectivity index (χ0v) is 24.0. The van der Waals surface area contributed by atoms with E-state index < -0.39 is 53.1 Å². The SMILES string of the molecule is O=C(O)c1ccc[n+](-c2nc(Cl)nc(Nc3ccc(S(=O)(=O)O)c(N=Nc4cc(S(=O)(=O)O)c5ccccc5c4O)c3)n2)c1. The summed E-state index contributed by atoms with van der Waals surface area (Å²) in [6.07, 6.45) is 2.71. The zero-order chi connectivity index (χ0) is 31.8. The van der Waals surface area contributed by atoms with E-state index in [0.717, 1.165) is 18.2 Å². The lowest BCUT2D eigenvalue weighted by atomic mass is 10.1. The highest BCUT2D eigenvalue weighted by Crippen LogP contribution is 2.40. The zero-order valence-electron chi connectivity index (χ0n) is 21.6. The van der Waals surface area contributed by atoms with Crippen LogP contribution in [0, 0.1) is 0 Å². The molecule has 5 aromatic rings. The molecule has 0 saturated carbocycles. The molecule has 0 amide bonds. The molecule has 0 aliphatic carbocycles. The first-order valence-corrected chi connectivity index (χ1v) is 15.2. The molecule has 3 aromatic carbocycles. The quantitative estimate of drug-likeness (QED) is 0.0899. The highest BCUT2D eigenvalue weighted by Gasteiger charge is 2.22. The van der Waals surface area contributed by atoms with Gasteiger partial charge in [-0.15, -0.1) is 10.2 Å². The Kier molecular flexibility index (Phi) is 7.93. The minimum atomic E-state index is -4.86. The number of halogens is 1. The molecule has 2 aromatic heterocycles. The summed E-state index contributed by atoms with van der Waals surface area (Å²) in [7, 11) is -9.64. The standard InChI is InChI=1S/C25H16ClN7O9S2/c26-23-28-24(30-25(29-23)33-9-3-4-13(12-33)22(35)36)27-14-7-8-19(43(37,38)39)17(10-14)31-32-18-11-20(44(40,41)42)15-5-1-2-6-16(15)21(18)34/h1-12H,(H4-,27,28,29,30,31,34,35,36,37,38,39,40,41,42)/p+1. The number of carbonyl (C=O) groups is 1. The van der Waals surface area contributed by atoms with Gasteiger partial charge in [0.25, 0.3) is 20.2 Å². The first-order chi connectivity index (χ1) is 20.7. The number of fused-ring (bicyclic) bond motifs is 1. The number of anilines is 2. The lowest BCUT2D eigenvalue weighted by Gasteiger charge is -2.09. The van der Waals surface area contributed by atoms with Crippen LogP contribution in [0.5, 0.6) is 5.75 Å². The Morgan fingerprint density at radius 3 is 2.20 bits per heavy atom. The number of phenols is 1. The van der Waals surface area contributed by atoms with Gasteiger partial charge in [-0.1, -0.05) is 24.3 Å². The molecule has 0 bridgehead atoms. The predicted molar refractivity (Wildman–Crippen MR) is 152 cm³/mol. The number of phenolic OH excluding ortho intramolecular Hbond substituents is 1. The third-order valence-electron chi connectivity index (χ3n) is 5.87. The number of aromatic hydroxyl groups is 1. The number of nitrogens with one attached hydrogen (secondary N) is 1. The van der Waals surface area contributed by atoms with Crippen molar-refractivity contribution in [1.29, 1.82) is 0 Å². The van der Waals surface area contributed by atoms with E-state index in [2.05, 4.69) is 30.5 Å². The summed E-state index contributed by atoms with van der Waals surface area (Å²) in [5, 5.41) is 30.1. The van der Waals surface area contributed by atoms with Crippen molar-refractivity contribution in [3.8, 4) is 11.7 Å². The molecule has 224 valence electrons. The van der Waals surface area contributed by atoms with Gasteiger partial charge in [0.2, 0.25) is 0 Å². The Balaban J connectivity index is 1.56. The van der Waals surface area contributed by atoms with E-state index in [-0.39, 0.29) is 39.2 Å². The van der Waals surface area contributed by atoms with E-state index in [1.54, 1.807) is 0 Å². The molecule has 19 heteroatoms. The number of aromatic nitrogens is 4. The first-order valence-electron chi connectivity index (χ1n) is 11.9. The summed E-state index contributed by atoms with van der Waals surface area (Å²) in [4.78, 5) is 22.2. The fourth-order valence-corrected chi connectivity index (χ4v) is 5.44. The third kappa shape index (κ3) is 6.43. The lowest BCUT2D eigenvalue weighted by Crippen LogP contribution is -2.34. The molecule has 44 heavy (non-hydrogen) atoms. The fourth-order valence-electron chi connectivity index (χ4n) is 3.97. The van der Waals surface area contributed by atoms with Crippen molar-refractivity contribution in [2.75, 3.05) is 5.32 Å². The molecule has 0 radical (unpaired) electrons. The minimum absolute atomic E-state index is 0.000460. The first kappa shape index (κ1) is 30.3. The molecule has 0 aliphatic heterocycles. The largest absolute Gasteiger partial charge is 0.505 e. The van der Waals surface area contributed by atoms with Crippen LogP contribution in [0.15, 0.2) is 93.1 Å². The number of pyridine rings is 1. The van der Waals surface area contributed by atoms with Crippen LogP contribution in [0.25, 0.3) is 16.7 Å². The summed E-state index contributed by atoms with van der Waals surface area (Å²) in [6.45, 7) is 0. The maximum atomic E-state index is 12.1. The van der Waals surface area contributed by atoms with Crippen LogP contribution < -0.4 is 9.88 Å². The van der Waals surface area contributed by atoms with Crippen LogP contribution in [-0.4, -0.2) is 57.1 Å². The second-order valence-electron chi connectivity index (χ2n) is 8.78. The van der Waals surface area contributed by atoms with E-state index in [1.165, 1.54) is 59.4 Å². The lowest BCUT2D eigenvalue weighted by molar-refractivity contribution is -0.603. The van der Waals surface area contributed by atoms with Crippen molar-refractivity contribution in [1.82, 2.24) is 15.0 Å². The molecule has 2 heterocycles. The molecule has 5 N–H and O–H groups in total. The average Bonchev–Trinajstić information content (AvgIpc) is 2.95. The van der Waals surface area contributed by atoms with Crippen molar-refractivity contribution in [3.63, 3.8) is 0 Å². The summed E-state index contributed by atoms with van der Waals surface area (Å²) in [6, 6.07) is 12.7. The normalized spacial score (nSPS) is 12.1. The van der Waals surface area contributed by atoms with Crippen molar-refractivity contribution >= 4 is 71.6 Å². The molecule has 5 rings (SSSR count). The smallest absolute Gasteiger partial charge is 0.444 e. The van der Waals surface area contributed by atoms with Gasteiger partial charge >= 0.3 is 23.1 Å². The maximum Gasteiger partial charge on any atom is 0.444 e. The van der Waals surface area contributed by atoms with E-state index in [1.807, 2.05) is 0 Å². The van der Waals surface area contributed by atoms with Gasteiger partial charge in [-0.25, -0.2) is 9.36 Å². The molecular weight excluding hydrogens is 642 g/mol. The van der Waals surface area contributed by atoms with Crippen LogP contribution in [0.2, 0.25) is 5.28 Å². The molecule has 0 aliphatic rings. The molecule has 0 spiro atoms. The number of aromatic carboxylic acids is 1. The summed E-state index contributed by atoms with van der Waals surface area (Å²) in [5.41, 5.74) is -0.853. The van der Waals surface area contributed by atoms with Crippen molar-refractivity contribution < 1.29 is 45.5 Å². The van der Waals surface area contributed by atoms with Gasteiger partial charge < -0.3 is 15.5 Å². The molecule has 0 saturated heterocycles. The second-order valence-corrected chi connectivity index (χ2v) is 11.9. The minimum Gasteiger partial charge on any atom is -0.505 e. The molecule has 0 atom stereocenters. The van der Waals surface area contributed by atoms with Crippen LogP contribution in [0.1, 0.15) is 10.4 Å². The number of hydrogen-bond donors (Lipinski definition) is 5. The Bertz CT molecular complexity index is 2230. The molecule has 0 fully saturated rings. The Hall–Kier alpha value is -5.14. The van der Waals surface area contributed by atoms with Gasteiger partial charge in [-0.2, -0.15) is 21.8 Å². The van der Waals surface area contributed by atoms with Gasteiger partial charge in [-0.3, -0.25) is 9.11 Å². The summed E-state index contributed by atoms with van der Waals surface area (Å²) in [5.74, 6) is -1.92. The third-order valence-corrected chi connectivity index (χ3v) is 7.83. The van der Waals surface area contributed by atoms with Crippen LogP contribution >= 0.6 is 11.6 Å². The van der Waals surface area contributed by atoms with Crippen LogP contribution in [-0.2, 0) is 20.2 Å². The molecule has 16 nitrogen and oxygen atoms in total. The number of azo groups is 1. The van der Waals surface area contributed by atoms with E-state index >= 15 is 0 Å².